The Morgan fingerprint density at radius 2 is 1.86 bits per heavy atom. The van der Waals surface area contributed by atoms with E-state index in [1.807, 2.05) is 0 Å². The third-order valence-electron chi connectivity index (χ3n) is 5.93. The summed E-state index contributed by atoms with van der Waals surface area (Å²) in [5, 5.41) is 14.0. The number of rotatable bonds is 10. The lowest BCUT2D eigenvalue weighted by Crippen LogP contribution is -2.37. The molecule has 2 atom stereocenters. The first-order valence-electron chi connectivity index (χ1n) is 12.7. The lowest BCUT2D eigenvalue weighted by Gasteiger charge is -2.26. The van der Waals surface area contributed by atoms with Crippen LogP contribution < -0.4 is 4.74 Å². The van der Waals surface area contributed by atoms with Gasteiger partial charge < -0.3 is 19.1 Å². The van der Waals surface area contributed by atoms with Crippen molar-refractivity contribution < 1.29 is 37.1 Å². The summed E-state index contributed by atoms with van der Waals surface area (Å²) < 4.78 is 57.6. The molecular weight excluding hydrogens is 491 g/mol. The molecule has 2 heterocycles. The summed E-state index contributed by atoms with van der Waals surface area (Å²) in [6, 6.07) is 2.88. The SMILES string of the molecule is CCCCCCCCOc1ccc(-c2noc([C@@H]3C[C@@H](O)CN3C(=O)OC(C)(C)C)n2)cc1C(F)(F)F. The average Bonchev–Trinajstić information content (AvgIpc) is 3.43. The second-order valence-corrected chi connectivity index (χ2v) is 10.3. The van der Waals surface area contributed by atoms with Crippen molar-refractivity contribution >= 4 is 6.09 Å². The number of hydrogen-bond donors (Lipinski definition) is 1. The van der Waals surface area contributed by atoms with Crippen LogP contribution in [0, 0.1) is 0 Å². The number of ether oxygens (including phenoxy) is 2. The van der Waals surface area contributed by atoms with Gasteiger partial charge >= 0.3 is 12.3 Å². The number of unbranched alkanes of at least 4 members (excludes halogenated alkanes) is 5. The largest absolute Gasteiger partial charge is 0.493 e. The van der Waals surface area contributed by atoms with Crippen molar-refractivity contribution in [3.05, 3.63) is 29.7 Å². The lowest BCUT2D eigenvalue weighted by molar-refractivity contribution is -0.138. The van der Waals surface area contributed by atoms with Crippen LogP contribution in [0.15, 0.2) is 22.7 Å². The Morgan fingerprint density at radius 3 is 2.54 bits per heavy atom. The summed E-state index contributed by atoms with van der Waals surface area (Å²) in [6.45, 7) is 7.49. The third kappa shape index (κ3) is 8.08. The summed E-state index contributed by atoms with van der Waals surface area (Å²) in [4.78, 5) is 18.1. The van der Waals surface area contributed by atoms with E-state index in [1.165, 1.54) is 17.0 Å². The van der Waals surface area contributed by atoms with Gasteiger partial charge in [-0.05, 0) is 45.4 Å². The van der Waals surface area contributed by atoms with E-state index in [2.05, 4.69) is 17.1 Å². The highest BCUT2D eigenvalue weighted by Crippen LogP contribution is 2.39. The maximum absolute atomic E-state index is 13.8. The van der Waals surface area contributed by atoms with E-state index >= 15 is 0 Å². The van der Waals surface area contributed by atoms with Gasteiger partial charge in [-0.3, -0.25) is 4.90 Å². The summed E-state index contributed by atoms with van der Waals surface area (Å²) in [5.41, 5.74) is -1.58. The highest BCUT2D eigenvalue weighted by molar-refractivity contribution is 5.69. The Balaban J connectivity index is 1.74. The summed E-state index contributed by atoms with van der Waals surface area (Å²) in [6.07, 6.45) is 0.0324. The van der Waals surface area contributed by atoms with Crippen LogP contribution in [-0.2, 0) is 10.9 Å². The number of carbonyl (C=O) groups is 1. The molecule has 2 aromatic rings. The second-order valence-electron chi connectivity index (χ2n) is 10.3. The normalized spacial score (nSPS) is 18.3. The number of likely N-dealkylation sites (tertiary alicyclic amines) is 1. The molecule has 1 aromatic carbocycles. The topological polar surface area (TPSA) is 97.9 Å². The Bertz CT molecular complexity index is 1040. The molecule has 1 aliphatic heterocycles. The number of nitrogens with zero attached hydrogens (tertiary/aromatic N) is 3. The number of aliphatic hydroxyl groups is 1. The fourth-order valence-electron chi connectivity index (χ4n) is 4.14. The molecule has 0 aliphatic carbocycles. The number of β-amino-alcohol motifs (C(OH)–C–C–N with tert-alkyl or cyclic N) is 1. The van der Waals surface area contributed by atoms with E-state index in [9.17, 15) is 23.1 Å². The van der Waals surface area contributed by atoms with Crippen molar-refractivity contribution in [1.82, 2.24) is 15.0 Å². The molecule has 3 rings (SSSR count). The van der Waals surface area contributed by atoms with Crippen molar-refractivity contribution in [2.24, 2.45) is 0 Å². The van der Waals surface area contributed by atoms with Crippen LogP contribution in [0.4, 0.5) is 18.0 Å². The molecule has 1 fully saturated rings. The minimum atomic E-state index is -4.64. The molecule has 0 unspecified atom stereocenters. The molecule has 0 spiro atoms. The number of carbonyl (C=O) groups excluding carboxylic acids is 1. The smallest absolute Gasteiger partial charge is 0.419 e. The molecule has 1 saturated heterocycles. The predicted octanol–water partition coefficient (Wildman–Crippen LogP) is 6.54. The van der Waals surface area contributed by atoms with Gasteiger partial charge in [-0.1, -0.05) is 44.2 Å². The number of hydrogen-bond acceptors (Lipinski definition) is 7. The van der Waals surface area contributed by atoms with Gasteiger partial charge in [-0.2, -0.15) is 18.2 Å². The first-order chi connectivity index (χ1) is 17.4. The van der Waals surface area contributed by atoms with Crippen LogP contribution in [-0.4, -0.2) is 51.1 Å². The first-order valence-corrected chi connectivity index (χ1v) is 12.7. The zero-order valence-corrected chi connectivity index (χ0v) is 21.8. The van der Waals surface area contributed by atoms with Gasteiger partial charge in [0.05, 0.1) is 24.8 Å². The fourth-order valence-corrected chi connectivity index (χ4v) is 4.14. The molecule has 1 N–H and O–H groups in total. The van der Waals surface area contributed by atoms with Gasteiger partial charge in [0.1, 0.15) is 17.4 Å². The molecule has 8 nitrogen and oxygen atoms in total. The summed E-state index contributed by atoms with van der Waals surface area (Å²) in [7, 11) is 0. The molecule has 11 heteroatoms. The lowest BCUT2D eigenvalue weighted by atomic mass is 10.1. The monoisotopic (exact) mass is 527 g/mol. The average molecular weight is 528 g/mol. The van der Waals surface area contributed by atoms with Gasteiger partial charge in [0.15, 0.2) is 0 Å². The molecule has 206 valence electrons. The molecular formula is C26H36F3N3O5. The van der Waals surface area contributed by atoms with Gasteiger partial charge in [0.25, 0.3) is 0 Å². The highest BCUT2D eigenvalue weighted by Gasteiger charge is 2.41. The van der Waals surface area contributed by atoms with Crippen LogP contribution >= 0.6 is 0 Å². The Kier molecular flexibility index (Phi) is 9.44. The number of benzene rings is 1. The van der Waals surface area contributed by atoms with Gasteiger partial charge in [-0.25, -0.2) is 4.79 Å². The van der Waals surface area contributed by atoms with Crippen molar-refractivity contribution in [3.63, 3.8) is 0 Å². The maximum atomic E-state index is 13.8. The van der Waals surface area contributed by atoms with Crippen LogP contribution in [0.5, 0.6) is 5.75 Å². The summed E-state index contributed by atoms with van der Waals surface area (Å²) >= 11 is 0. The van der Waals surface area contributed by atoms with Crippen LogP contribution in [0.2, 0.25) is 0 Å². The van der Waals surface area contributed by atoms with E-state index < -0.39 is 35.6 Å². The van der Waals surface area contributed by atoms with Crippen molar-refractivity contribution in [2.45, 2.75) is 96.6 Å². The molecule has 0 bridgehead atoms. The van der Waals surface area contributed by atoms with Gasteiger partial charge in [0, 0.05) is 12.0 Å². The summed E-state index contributed by atoms with van der Waals surface area (Å²) in [5.74, 6) is -0.300. The maximum Gasteiger partial charge on any atom is 0.419 e. The number of alkyl halides is 3. The van der Waals surface area contributed by atoms with E-state index in [0.717, 1.165) is 38.2 Å². The van der Waals surface area contributed by atoms with Gasteiger partial charge in [0.2, 0.25) is 11.7 Å². The molecule has 1 aliphatic rings. The van der Waals surface area contributed by atoms with Crippen LogP contribution in [0.3, 0.4) is 0 Å². The number of aromatic nitrogens is 2. The van der Waals surface area contributed by atoms with E-state index in [-0.39, 0.29) is 42.6 Å². The number of halogens is 3. The Morgan fingerprint density at radius 1 is 1.16 bits per heavy atom. The molecule has 0 radical (unpaired) electrons. The quantitative estimate of drug-likeness (QED) is 0.351. The van der Waals surface area contributed by atoms with E-state index in [0.29, 0.717) is 6.42 Å². The zero-order valence-electron chi connectivity index (χ0n) is 21.8. The molecule has 0 saturated carbocycles. The van der Waals surface area contributed by atoms with Crippen molar-refractivity contribution in [1.29, 1.82) is 0 Å². The van der Waals surface area contributed by atoms with E-state index in [4.69, 9.17) is 14.0 Å². The van der Waals surface area contributed by atoms with Crippen molar-refractivity contribution in [2.75, 3.05) is 13.2 Å². The number of amides is 1. The van der Waals surface area contributed by atoms with E-state index in [1.54, 1.807) is 20.8 Å². The minimum absolute atomic E-state index is 0.00867. The molecule has 1 aromatic heterocycles. The fraction of sp³-hybridized carbons (Fsp3) is 0.654. The Labute approximate surface area is 215 Å². The molecule has 37 heavy (non-hydrogen) atoms. The number of aliphatic hydroxyl groups excluding tert-OH is 1. The molecule has 1 amide bonds. The Hall–Kier alpha value is -2.82. The standard InChI is InChI=1S/C26H36F3N3O5/c1-5-6-7-8-9-10-13-35-21-12-11-17(14-19(21)26(27,28)29)22-30-23(37-31-22)20-15-18(33)16-32(20)24(34)36-25(2,3)4/h11-12,14,18,20,33H,5-10,13,15-16H2,1-4H3/t18-,20+/m1/s1. The van der Waals surface area contributed by atoms with Gasteiger partial charge in [-0.15, -0.1) is 0 Å². The second kappa shape index (κ2) is 12.1. The predicted molar refractivity (Wildman–Crippen MR) is 130 cm³/mol. The highest BCUT2D eigenvalue weighted by atomic mass is 19.4. The van der Waals surface area contributed by atoms with Crippen molar-refractivity contribution in [3.8, 4) is 17.1 Å². The first kappa shape index (κ1) is 28.7. The van der Waals surface area contributed by atoms with Crippen LogP contribution in [0.1, 0.15) is 90.1 Å². The zero-order chi connectivity index (χ0) is 27.2. The van der Waals surface area contributed by atoms with Crippen LogP contribution in [0.25, 0.3) is 11.4 Å². The minimum Gasteiger partial charge on any atom is -0.493 e. The third-order valence-corrected chi connectivity index (χ3v) is 5.93.